The lowest BCUT2D eigenvalue weighted by Crippen LogP contribution is -2.32. The van der Waals surface area contributed by atoms with E-state index in [2.05, 4.69) is 5.32 Å². The van der Waals surface area contributed by atoms with E-state index in [4.69, 9.17) is 10.5 Å². The molecule has 0 aliphatic rings. The standard InChI is InChI=1S/C16H25FN2O2/c1-4-13(18)8-12-6-5-7-14(17)16(12)21-10-15(20)19-9-11(2)3/h5-7,11,13H,4,8-10,18H2,1-3H3,(H,19,20). The second-order valence-electron chi connectivity index (χ2n) is 5.59. The van der Waals surface area contributed by atoms with Gasteiger partial charge in [0.25, 0.3) is 5.91 Å². The van der Waals surface area contributed by atoms with Crippen LogP contribution in [0.1, 0.15) is 32.8 Å². The van der Waals surface area contributed by atoms with Crippen LogP contribution >= 0.6 is 0 Å². The van der Waals surface area contributed by atoms with Crippen molar-refractivity contribution >= 4 is 5.91 Å². The van der Waals surface area contributed by atoms with Crippen LogP contribution in [-0.2, 0) is 11.2 Å². The number of ether oxygens (including phenoxy) is 1. The van der Waals surface area contributed by atoms with Crippen molar-refractivity contribution < 1.29 is 13.9 Å². The summed E-state index contributed by atoms with van der Waals surface area (Å²) in [5.74, 6) is -0.230. The molecule has 1 atom stereocenters. The summed E-state index contributed by atoms with van der Waals surface area (Å²) in [6.07, 6.45) is 1.32. The minimum Gasteiger partial charge on any atom is -0.480 e. The maximum atomic E-state index is 13.9. The van der Waals surface area contributed by atoms with Crippen molar-refractivity contribution in [2.24, 2.45) is 11.7 Å². The van der Waals surface area contributed by atoms with Gasteiger partial charge in [-0.25, -0.2) is 4.39 Å². The molecule has 0 aromatic heterocycles. The van der Waals surface area contributed by atoms with E-state index < -0.39 is 5.82 Å². The first kappa shape index (κ1) is 17.4. The Hall–Kier alpha value is -1.62. The van der Waals surface area contributed by atoms with Crippen molar-refractivity contribution in [3.63, 3.8) is 0 Å². The van der Waals surface area contributed by atoms with Crippen LogP contribution in [-0.4, -0.2) is 25.1 Å². The van der Waals surface area contributed by atoms with Crippen LogP contribution in [0.5, 0.6) is 5.75 Å². The largest absolute Gasteiger partial charge is 0.480 e. The summed E-state index contributed by atoms with van der Waals surface area (Å²) >= 11 is 0. The number of amides is 1. The number of hydrogen-bond acceptors (Lipinski definition) is 3. The average Bonchev–Trinajstić information content (AvgIpc) is 2.44. The van der Waals surface area contributed by atoms with Crippen molar-refractivity contribution in [3.8, 4) is 5.75 Å². The van der Waals surface area contributed by atoms with Crippen LogP contribution in [0.15, 0.2) is 18.2 Å². The smallest absolute Gasteiger partial charge is 0.257 e. The fraction of sp³-hybridized carbons (Fsp3) is 0.562. The SMILES string of the molecule is CCC(N)Cc1cccc(F)c1OCC(=O)NCC(C)C. The Kier molecular flexibility index (Phi) is 7.15. The molecule has 4 nitrogen and oxygen atoms in total. The molecule has 0 bridgehead atoms. The van der Waals surface area contributed by atoms with Crippen LogP contribution in [0.25, 0.3) is 0 Å². The maximum Gasteiger partial charge on any atom is 0.257 e. The molecule has 0 spiro atoms. The molecule has 1 amide bonds. The van der Waals surface area contributed by atoms with E-state index in [0.29, 0.717) is 24.4 Å². The topological polar surface area (TPSA) is 64.3 Å². The fourth-order valence-electron chi connectivity index (χ4n) is 1.81. The first-order chi connectivity index (χ1) is 9.93. The summed E-state index contributed by atoms with van der Waals surface area (Å²) in [6, 6.07) is 4.67. The van der Waals surface area contributed by atoms with Crippen molar-refractivity contribution in [2.45, 2.75) is 39.7 Å². The molecule has 0 fully saturated rings. The van der Waals surface area contributed by atoms with Crippen LogP contribution < -0.4 is 15.8 Å². The molecule has 0 heterocycles. The van der Waals surface area contributed by atoms with E-state index in [9.17, 15) is 9.18 Å². The van der Waals surface area contributed by atoms with Gasteiger partial charge < -0.3 is 15.8 Å². The molecule has 118 valence electrons. The fourth-order valence-corrected chi connectivity index (χ4v) is 1.81. The van der Waals surface area contributed by atoms with Gasteiger partial charge in [-0.15, -0.1) is 0 Å². The number of nitrogens with two attached hydrogens (primary N) is 1. The van der Waals surface area contributed by atoms with E-state index >= 15 is 0 Å². The summed E-state index contributed by atoms with van der Waals surface area (Å²) in [4.78, 5) is 11.6. The molecule has 5 heteroatoms. The normalized spacial score (nSPS) is 12.3. The molecule has 0 aliphatic carbocycles. The third-order valence-corrected chi connectivity index (χ3v) is 3.11. The number of hydrogen-bond donors (Lipinski definition) is 2. The number of benzene rings is 1. The first-order valence-electron chi connectivity index (χ1n) is 7.36. The summed E-state index contributed by atoms with van der Waals surface area (Å²) in [6.45, 7) is 6.36. The lowest BCUT2D eigenvalue weighted by Gasteiger charge is -2.15. The zero-order valence-corrected chi connectivity index (χ0v) is 13.0. The second kappa shape index (κ2) is 8.62. The van der Waals surface area contributed by atoms with Gasteiger partial charge in [-0.05, 0) is 30.4 Å². The summed E-state index contributed by atoms with van der Waals surface area (Å²) in [5.41, 5.74) is 6.60. The highest BCUT2D eigenvalue weighted by molar-refractivity contribution is 5.77. The Bertz CT molecular complexity index is 464. The van der Waals surface area contributed by atoms with Gasteiger partial charge in [-0.3, -0.25) is 4.79 Å². The van der Waals surface area contributed by atoms with Crippen LogP contribution in [0, 0.1) is 11.7 Å². The molecule has 1 unspecified atom stereocenters. The zero-order chi connectivity index (χ0) is 15.8. The minimum atomic E-state index is -0.465. The van der Waals surface area contributed by atoms with Gasteiger partial charge in [0.1, 0.15) is 0 Å². The van der Waals surface area contributed by atoms with Crippen molar-refractivity contribution in [1.82, 2.24) is 5.32 Å². The quantitative estimate of drug-likeness (QED) is 0.773. The number of halogens is 1. The lowest BCUT2D eigenvalue weighted by atomic mass is 10.0. The molecular formula is C16H25FN2O2. The highest BCUT2D eigenvalue weighted by Gasteiger charge is 2.14. The Morgan fingerprint density at radius 3 is 2.76 bits per heavy atom. The van der Waals surface area contributed by atoms with Crippen LogP contribution in [0.2, 0.25) is 0 Å². The van der Waals surface area contributed by atoms with Crippen LogP contribution in [0.4, 0.5) is 4.39 Å². The van der Waals surface area contributed by atoms with Crippen LogP contribution in [0.3, 0.4) is 0 Å². The zero-order valence-electron chi connectivity index (χ0n) is 13.0. The van der Waals surface area contributed by atoms with Gasteiger partial charge >= 0.3 is 0 Å². The Morgan fingerprint density at radius 2 is 2.14 bits per heavy atom. The third kappa shape index (κ3) is 6.12. The molecule has 0 saturated heterocycles. The monoisotopic (exact) mass is 296 g/mol. The van der Waals surface area contributed by atoms with Crippen molar-refractivity contribution in [2.75, 3.05) is 13.2 Å². The molecule has 1 rings (SSSR count). The number of para-hydroxylation sites is 1. The maximum absolute atomic E-state index is 13.9. The van der Waals surface area contributed by atoms with Gasteiger partial charge in [0.2, 0.25) is 0 Å². The van der Waals surface area contributed by atoms with Gasteiger partial charge in [-0.1, -0.05) is 32.9 Å². The van der Waals surface area contributed by atoms with Crippen molar-refractivity contribution in [3.05, 3.63) is 29.6 Å². The predicted molar refractivity (Wildman–Crippen MR) is 81.7 cm³/mol. The summed E-state index contributed by atoms with van der Waals surface area (Å²) in [7, 11) is 0. The second-order valence-corrected chi connectivity index (χ2v) is 5.59. The van der Waals surface area contributed by atoms with E-state index in [-0.39, 0.29) is 24.3 Å². The Labute approximate surface area is 125 Å². The molecule has 0 radical (unpaired) electrons. The van der Waals surface area contributed by atoms with E-state index in [0.717, 1.165) is 6.42 Å². The molecular weight excluding hydrogens is 271 g/mol. The Morgan fingerprint density at radius 1 is 1.43 bits per heavy atom. The molecule has 3 N–H and O–H groups in total. The highest BCUT2D eigenvalue weighted by Crippen LogP contribution is 2.24. The van der Waals surface area contributed by atoms with Gasteiger partial charge in [-0.2, -0.15) is 0 Å². The molecule has 21 heavy (non-hydrogen) atoms. The molecule has 1 aromatic carbocycles. The van der Waals surface area contributed by atoms with Gasteiger partial charge in [0, 0.05) is 12.6 Å². The first-order valence-corrected chi connectivity index (χ1v) is 7.36. The summed E-state index contributed by atoms with van der Waals surface area (Å²) in [5, 5.41) is 2.73. The molecule has 0 saturated carbocycles. The van der Waals surface area contributed by atoms with E-state index in [1.165, 1.54) is 6.07 Å². The number of rotatable bonds is 8. The molecule has 0 aliphatic heterocycles. The lowest BCUT2D eigenvalue weighted by molar-refractivity contribution is -0.123. The molecule has 1 aromatic rings. The number of carbonyl (C=O) groups is 1. The minimum absolute atomic E-state index is 0.0519. The van der Waals surface area contributed by atoms with Gasteiger partial charge in [0.05, 0.1) is 0 Å². The average molecular weight is 296 g/mol. The predicted octanol–water partition coefficient (Wildman–Crippen LogP) is 2.26. The Balaban J connectivity index is 2.66. The number of nitrogens with one attached hydrogen (secondary N) is 1. The highest BCUT2D eigenvalue weighted by atomic mass is 19.1. The van der Waals surface area contributed by atoms with E-state index in [1.807, 2.05) is 20.8 Å². The van der Waals surface area contributed by atoms with Gasteiger partial charge in [0.15, 0.2) is 18.2 Å². The van der Waals surface area contributed by atoms with E-state index in [1.54, 1.807) is 12.1 Å². The summed E-state index contributed by atoms with van der Waals surface area (Å²) < 4.78 is 19.2. The third-order valence-electron chi connectivity index (χ3n) is 3.11. The van der Waals surface area contributed by atoms with Crippen molar-refractivity contribution in [1.29, 1.82) is 0 Å². The number of carbonyl (C=O) groups excluding carboxylic acids is 1.